The van der Waals surface area contributed by atoms with E-state index in [1.54, 1.807) is 6.07 Å². The number of amides is 2. The van der Waals surface area contributed by atoms with E-state index in [0.29, 0.717) is 23.4 Å². The van der Waals surface area contributed by atoms with Gasteiger partial charge in [-0.25, -0.2) is 0 Å². The summed E-state index contributed by atoms with van der Waals surface area (Å²) in [4.78, 5) is 30.1. The van der Waals surface area contributed by atoms with Crippen molar-refractivity contribution < 1.29 is 15.7 Å². The van der Waals surface area contributed by atoms with Gasteiger partial charge in [0, 0.05) is 36.3 Å². The fourth-order valence-electron chi connectivity index (χ4n) is 5.36. The van der Waals surface area contributed by atoms with Crippen LogP contribution >= 0.6 is 0 Å². The third-order valence-corrected chi connectivity index (χ3v) is 7.20. The first-order valence-corrected chi connectivity index (χ1v) is 12.2. The third-order valence-electron chi connectivity index (χ3n) is 7.20. The van der Waals surface area contributed by atoms with Crippen LogP contribution < -0.4 is 10.2 Å². The number of rotatable bonds is 5. The molecule has 0 bridgehead atoms. The second-order valence-corrected chi connectivity index (χ2v) is 9.50. The van der Waals surface area contributed by atoms with Gasteiger partial charge in [0.25, 0.3) is 5.91 Å². The summed E-state index contributed by atoms with van der Waals surface area (Å²) in [7, 11) is 0. The number of nitrogens with one attached hydrogen (secondary N) is 1. The van der Waals surface area contributed by atoms with Gasteiger partial charge < -0.3 is 10.1 Å². The summed E-state index contributed by atoms with van der Waals surface area (Å²) >= 11 is 0. The Morgan fingerprint density at radius 3 is 2.57 bits per heavy atom. The monoisotopic (exact) mass is 468 g/mol. The van der Waals surface area contributed by atoms with Gasteiger partial charge in [-0.15, -0.1) is 0 Å². The molecule has 3 heterocycles. The molecule has 2 saturated heterocycles. The van der Waals surface area contributed by atoms with Crippen LogP contribution in [0.4, 0.5) is 5.69 Å². The minimum absolute atomic E-state index is 0.220. The van der Waals surface area contributed by atoms with E-state index in [0.717, 1.165) is 55.6 Å². The van der Waals surface area contributed by atoms with Gasteiger partial charge in [0.2, 0.25) is 5.91 Å². The number of ether oxygens (including phenoxy) is 1. The van der Waals surface area contributed by atoms with Crippen molar-refractivity contribution in [3.05, 3.63) is 89.1 Å². The molecule has 6 heteroatoms. The topological polar surface area (TPSA) is 61.9 Å². The number of anilines is 1. The highest BCUT2D eigenvalue weighted by molar-refractivity contribution is 6.27. The number of benzene rings is 3. The average molecular weight is 469 g/mol. The maximum Gasteiger partial charge on any atom is 0.259 e. The first kappa shape index (κ1) is 20.9. The molecule has 0 spiro atoms. The smallest absolute Gasteiger partial charge is 0.259 e. The van der Waals surface area contributed by atoms with Crippen molar-refractivity contribution in [1.82, 2.24) is 10.2 Å². The zero-order valence-corrected chi connectivity index (χ0v) is 19.7. The van der Waals surface area contributed by atoms with Gasteiger partial charge in [0.15, 0.2) is 0 Å². The second kappa shape index (κ2) is 8.95. The van der Waals surface area contributed by atoms with Crippen LogP contribution in [-0.2, 0) is 22.5 Å². The number of carbonyl (C=O) groups excluding carboxylic acids is 2. The standard InChI is InChI=1S/C29H29N3O3/c1-19-5-11-26(28(33)30-19)32-25-12-10-22(23-3-2-4-24(27(23)25)29(32)34)17-20-6-8-21(9-7-20)18-31-13-15-35-16-14-31/h2-4,6-10,12,26H,1,5,11,13-18H2,(H,30,33)/t26-/m1/s1/i26D. The quantitative estimate of drug-likeness (QED) is 0.615. The Kier molecular flexibility index (Phi) is 5.33. The Balaban J connectivity index is 1.29. The molecule has 35 heavy (non-hydrogen) atoms. The highest BCUT2D eigenvalue weighted by atomic mass is 16.5. The normalized spacial score (nSPS) is 23.0. The van der Waals surface area contributed by atoms with Crippen LogP contribution in [-0.4, -0.2) is 49.0 Å². The summed E-state index contributed by atoms with van der Waals surface area (Å²) < 4.78 is 14.4. The minimum Gasteiger partial charge on any atom is -0.379 e. The first-order valence-electron chi connectivity index (χ1n) is 12.7. The highest BCUT2D eigenvalue weighted by Crippen LogP contribution is 2.41. The van der Waals surface area contributed by atoms with Crippen LogP contribution in [0.3, 0.4) is 0 Å². The Hall–Kier alpha value is -3.48. The number of allylic oxidation sites excluding steroid dienone is 1. The Bertz CT molecular complexity index is 1380. The largest absolute Gasteiger partial charge is 0.379 e. The van der Waals surface area contributed by atoms with Crippen LogP contribution in [0.15, 0.2) is 66.9 Å². The zero-order valence-electron chi connectivity index (χ0n) is 20.7. The lowest BCUT2D eigenvalue weighted by molar-refractivity contribution is -0.122. The number of carbonyl (C=O) groups is 2. The molecule has 1 atom stereocenters. The van der Waals surface area contributed by atoms with Gasteiger partial charge in [0.05, 0.1) is 20.3 Å². The van der Waals surface area contributed by atoms with Gasteiger partial charge in [0.1, 0.15) is 6.02 Å². The number of hydrogen-bond donors (Lipinski definition) is 1. The van der Waals surface area contributed by atoms with Gasteiger partial charge >= 0.3 is 0 Å². The summed E-state index contributed by atoms with van der Waals surface area (Å²) in [5, 5.41) is 4.49. The number of hydrogen-bond acceptors (Lipinski definition) is 4. The molecule has 1 N–H and O–H groups in total. The Labute approximate surface area is 206 Å². The maximum absolute atomic E-state index is 13.5. The van der Waals surface area contributed by atoms with E-state index >= 15 is 0 Å². The van der Waals surface area contributed by atoms with E-state index < -0.39 is 11.9 Å². The van der Waals surface area contributed by atoms with Crippen LogP contribution in [0.2, 0.25) is 0 Å². The van der Waals surface area contributed by atoms with E-state index in [1.807, 2.05) is 24.3 Å². The third kappa shape index (κ3) is 4.03. The number of piperidine rings is 1. The second-order valence-electron chi connectivity index (χ2n) is 9.50. The van der Waals surface area contributed by atoms with Crippen molar-refractivity contribution in [2.24, 2.45) is 0 Å². The van der Waals surface area contributed by atoms with Crippen molar-refractivity contribution in [2.75, 3.05) is 31.2 Å². The van der Waals surface area contributed by atoms with Crippen LogP contribution in [0, 0.1) is 0 Å². The predicted octanol–water partition coefficient (Wildman–Crippen LogP) is 4.02. The molecular weight excluding hydrogens is 438 g/mol. The number of nitrogens with zero attached hydrogens (tertiary/aromatic N) is 2. The van der Waals surface area contributed by atoms with E-state index in [2.05, 4.69) is 41.1 Å². The molecule has 3 aromatic rings. The fraction of sp³-hybridized carbons (Fsp3) is 0.310. The fourth-order valence-corrected chi connectivity index (χ4v) is 5.36. The van der Waals surface area contributed by atoms with E-state index in [4.69, 9.17) is 6.11 Å². The lowest BCUT2D eigenvalue weighted by Gasteiger charge is -2.31. The molecule has 6 nitrogen and oxygen atoms in total. The zero-order chi connectivity index (χ0) is 24.9. The molecule has 3 aliphatic heterocycles. The molecule has 3 aliphatic rings. The molecule has 2 amide bonds. The summed E-state index contributed by atoms with van der Waals surface area (Å²) in [6, 6.07) is 16.7. The maximum atomic E-state index is 13.5. The van der Waals surface area contributed by atoms with Crippen LogP contribution in [0.25, 0.3) is 10.8 Å². The molecule has 3 aromatic carbocycles. The molecule has 2 fully saturated rings. The Morgan fingerprint density at radius 2 is 1.80 bits per heavy atom. The summed E-state index contributed by atoms with van der Waals surface area (Å²) in [6.07, 6.45) is 1.42. The average Bonchev–Trinajstić information content (AvgIpc) is 3.18. The van der Waals surface area contributed by atoms with E-state index in [9.17, 15) is 9.59 Å². The van der Waals surface area contributed by atoms with E-state index in [-0.39, 0.29) is 12.3 Å². The molecule has 0 radical (unpaired) electrons. The number of morpholine rings is 1. The lowest BCUT2D eigenvalue weighted by Crippen LogP contribution is -2.51. The van der Waals surface area contributed by atoms with Crippen molar-refractivity contribution in [3.8, 4) is 0 Å². The van der Waals surface area contributed by atoms with Gasteiger partial charge in [-0.3, -0.25) is 19.4 Å². The summed E-state index contributed by atoms with van der Waals surface area (Å²) in [5.74, 6) is -0.799. The van der Waals surface area contributed by atoms with Gasteiger partial charge in [-0.2, -0.15) is 0 Å². The molecular formula is C29H29N3O3. The van der Waals surface area contributed by atoms with E-state index in [1.165, 1.54) is 16.0 Å². The van der Waals surface area contributed by atoms with Crippen LogP contribution in [0.1, 0.15) is 41.3 Å². The molecule has 0 aromatic heterocycles. The van der Waals surface area contributed by atoms with Gasteiger partial charge in [-0.1, -0.05) is 49.0 Å². The molecule has 0 unspecified atom stereocenters. The summed E-state index contributed by atoms with van der Waals surface area (Å²) in [6.45, 7) is 8.27. The van der Waals surface area contributed by atoms with Crippen LogP contribution in [0.5, 0.6) is 0 Å². The van der Waals surface area contributed by atoms with Crippen molar-refractivity contribution in [2.45, 2.75) is 31.8 Å². The molecule has 0 aliphatic carbocycles. The van der Waals surface area contributed by atoms with Gasteiger partial charge in [-0.05, 0) is 53.5 Å². The Morgan fingerprint density at radius 1 is 1.03 bits per heavy atom. The minimum atomic E-state index is -1.69. The molecule has 0 saturated carbocycles. The predicted molar refractivity (Wildman–Crippen MR) is 136 cm³/mol. The summed E-state index contributed by atoms with van der Waals surface area (Å²) in [5.41, 5.74) is 5.37. The SMILES string of the molecule is [2H][C@@]1(N2C(=O)c3cccc4c(Cc5ccc(CN6CCOCC6)cc5)ccc2c34)CCC(=C)NC1=O. The highest BCUT2D eigenvalue weighted by Gasteiger charge is 2.39. The van der Waals surface area contributed by atoms with Crippen molar-refractivity contribution in [1.29, 1.82) is 0 Å². The first-order chi connectivity index (χ1) is 17.4. The van der Waals surface area contributed by atoms with Crippen molar-refractivity contribution in [3.63, 3.8) is 0 Å². The molecule has 178 valence electrons. The lowest BCUT2D eigenvalue weighted by atomic mass is 9.95. The molecule has 6 rings (SSSR count). The van der Waals surface area contributed by atoms with Crippen molar-refractivity contribution >= 4 is 28.3 Å².